The van der Waals surface area contributed by atoms with Crippen molar-refractivity contribution in [3.8, 4) is 5.75 Å². The van der Waals surface area contributed by atoms with Gasteiger partial charge in [0.25, 0.3) is 0 Å². The van der Waals surface area contributed by atoms with Crippen molar-refractivity contribution in [3.63, 3.8) is 0 Å². The van der Waals surface area contributed by atoms with E-state index < -0.39 is 12.7 Å². The fourth-order valence-corrected chi connectivity index (χ4v) is 2.87. The van der Waals surface area contributed by atoms with Crippen LogP contribution >= 0.6 is 24.0 Å². The maximum absolute atomic E-state index is 12.2. The Kier molecular flexibility index (Phi) is 11.0. The Morgan fingerprint density at radius 1 is 1.31 bits per heavy atom. The molecule has 164 valence electrons. The van der Waals surface area contributed by atoms with Crippen molar-refractivity contribution in [1.82, 2.24) is 15.5 Å². The minimum absolute atomic E-state index is 0. The molecule has 0 heterocycles. The van der Waals surface area contributed by atoms with E-state index in [1.807, 2.05) is 11.9 Å². The zero-order valence-corrected chi connectivity index (χ0v) is 19.2. The number of benzene rings is 1. The van der Waals surface area contributed by atoms with Crippen LogP contribution in [0.25, 0.3) is 0 Å². The van der Waals surface area contributed by atoms with E-state index in [9.17, 15) is 13.6 Å². The molecule has 1 aliphatic carbocycles. The molecule has 0 aliphatic heterocycles. The summed E-state index contributed by atoms with van der Waals surface area (Å²) in [6.45, 7) is 0.351. The van der Waals surface area contributed by atoms with E-state index in [-0.39, 0.29) is 35.8 Å². The molecule has 1 aromatic carbocycles. The summed E-state index contributed by atoms with van der Waals surface area (Å²) in [5.41, 5.74) is 0.926. The molecule has 2 N–H and O–H groups in total. The number of hydrogen-bond acceptors (Lipinski definition) is 4. The van der Waals surface area contributed by atoms with E-state index >= 15 is 0 Å². The molecule has 1 fully saturated rings. The molecule has 1 atom stereocenters. The minimum Gasteiger partial charge on any atom is -0.450 e. The molecule has 29 heavy (non-hydrogen) atoms. The van der Waals surface area contributed by atoms with E-state index in [1.165, 1.54) is 12.1 Å². The summed E-state index contributed by atoms with van der Waals surface area (Å²) >= 11 is 0. The second-order valence-corrected chi connectivity index (χ2v) is 6.62. The van der Waals surface area contributed by atoms with Crippen molar-refractivity contribution in [1.29, 1.82) is 0 Å². The van der Waals surface area contributed by atoms with Crippen molar-refractivity contribution < 1.29 is 23.0 Å². The topological polar surface area (TPSA) is 75.2 Å². The van der Waals surface area contributed by atoms with Crippen LogP contribution in [0.1, 0.15) is 25.3 Å². The smallest absolute Gasteiger partial charge is 0.407 e. The van der Waals surface area contributed by atoms with Crippen molar-refractivity contribution in [2.45, 2.75) is 39.0 Å². The van der Waals surface area contributed by atoms with Crippen molar-refractivity contribution >= 4 is 36.0 Å². The van der Waals surface area contributed by atoms with Gasteiger partial charge >= 0.3 is 12.7 Å². The third-order valence-corrected chi connectivity index (χ3v) is 4.39. The van der Waals surface area contributed by atoms with E-state index in [2.05, 4.69) is 20.4 Å². The molecule has 1 amide bonds. The maximum atomic E-state index is 12.2. The normalized spacial score (nSPS) is 14.6. The monoisotopic (exact) mass is 526 g/mol. The summed E-state index contributed by atoms with van der Waals surface area (Å²) < 4.78 is 33.8. The number of carbonyl (C=O) groups excluding carboxylic acids is 1. The SMILES string of the molecule is CCOC(=O)NC(CNC(=NC)N(C)Cc1ccc(OC(F)F)cc1)C1CC1.I. The number of alkyl halides is 2. The highest BCUT2D eigenvalue weighted by atomic mass is 127. The number of halogens is 3. The number of alkyl carbamates (subject to hydrolysis) is 1. The number of nitrogens with one attached hydrogen (secondary N) is 2. The van der Waals surface area contributed by atoms with Crippen LogP contribution in [0.3, 0.4) is 0 Å². The van der Waals surface area contributed by atoms with Gasteiger partial charge < -0.3 is 25.0 Å². The molecule has 1 unspecified atom stereocenters. The molecule has 7 nitrogen and oxygen atoms in total. The second-order valence-electron chi connectivity index (χ2n) is 6.62. The molecule has 10 heteroatoms. The predicted octanol–water partition coefficient (Wildman–Crippen LogP) is 3.44. The first-order valence-electron chi connectivity index (χ1n) is 9.31. The molecule has 0 radical (unpaired) electrons. The first kappa shape index (κ1) is 25.2. The Bertz CT molecular complexity index is 657. The number of amides is 1. The van der Waals surface area contributed by atoms with Crippen LogP contribution in [0, 0.1) is 5.92 Å². The number of rotatable bonds is 9. The summed E-state index contributed by atoms with van der Waals surface area (Å²) in [6.07, 6.45) is 1.76. The lowest BCUT2D eigenvalue weighted by atomic mass is 10.2. The second kappa shape index (κ2) is 12.7. The maximum Gasteiger partial charge on any atom is 0.407 e. The number of guanidine groups is 1. The van der Waals surface area contributed by atoms with E-state index in [0.29, 0.717) is 31.6 Å². The lowest BCUT2D eigenvalue weighted by Crippen LogP contribution is -2.48. The zero-order valence-electron chi connectivity index (χ0n) is 16.9. The summed E-state index contributed by atoms with van der Waals surface area (Å²) in [5, 5.41) is 6.17. The molecule has 0 spiro atoms. The molecule has 1 aromatic rings. The van der Waals surface area contributed by atoms with Crippen molar-refractivity contribution in [2.24, 2.45) is 10.9 Å². The lowest BCUT2D eigenvalue weighted by Gasteiger charge is -2.25. The van der Waals surface area contributed by atoms with Gasteiger partial charge in [0.05, 0.1) is 12.6 Å². The minimum atomic E-state index is -2.83. The number of hydrogen-bond donors (Lipinski definition) is 2. The predicted molar refractivity (Wildman–Crippen MR) is 118 cm³/mol. The Morgan fingerprint density at radius 3 is 2.48 bits per heavy atom. The summed E-state index contributed by atoms with van der Waals surface area (Å²) in [6, 6.07) is 6.47. The quantitative estimate of drug-likeness (QED) is 0.293. The third kappa shape index (κ3) is 9.01. The number of aliphatic imine (C=N–C) groups is 1. The Hall–Kier alpha value is -1.85. The summed E-state index contributed by atoms with van der Waals surface area (Å²) in [5.74, 6) is 1.24. The van der Waals surface area contributed by atoms with Gasteiger partial charge in [-0.3, -0.25) is 4.99 Å². The molecule has 1 saturated carbocycles. The highest BCUT2D eigenvalue weighted by Crippen LogP contribution is 2.32. The number of ether oxygens (including phenoxy) is 2. The largest absolute Gasteiger partial charge is 0.450 e. The zero-order chi connectivity index (χ0) is 20.5. The van der Waals surface area contributed by atoms with E-state index in [4.69, 9.17) is 4.74 Å². The highest BCUT2D eigenvalue weighted by Gasteiger charge is 2.32. The van der Waals surface area contributed by atoms with Crippen LogP contribution in [0.5, 0.6) is 5.75 Å². The van der Waals surface area contributed by atoms with Gasteiger partial charge in [-0.1, -0.05) is 12.1 Å². The van der Waals surface area contributed by atoms with Crippen LogP contribution < -0.4 is 15.4 Å². The average molecular weight is 526 g/mol. The first-order chi connectivity index (χ1) is 13.4. The standard InChI is InChI=1S/C19H28F2N4O3.HI/c1-4-27-19(26)24-16(14-7-8-14)11-23-18(22-2)25(3)12-13-5-9-15(10-6-13)28-17(20)21;/h5-6,9-10,14,16-17H,4,7-8,11-12H2,1-3H3,(H,22,23)(H,24,26);1H. The van der Waals surface area contributed by atoms with Crippen molar-refractivity contribution in [2.75, 3.05) is 27.2 Å². The molecule has 0 bridgehead atoms. The van der Waals surface area contributed by atoms with Gasteiger partial charge in [0, 0.05) is 27.2 Å². The highest BCUT2D eigenvalue weighted by molar-refractivity contribution is 14.0. The fraction of sp³-hybridized carbons (Fsp3) is 0.579. The Morgan fingerprint density at radius 2 is 1.97 bits per heavy atom. The number of nitrogens with zero attached hydrogens (tertiary/aromatic N) is 2. The van der Waals surface area contributed by atoms with Gasteiger partial charge in [-0.2, -0.15) is 8.78 Å². The average Bonchev–Trinajstić information content (AvgIpc) is 3.48. The summed E-state index contributed by atoms with van der Waals surface area (Å²) in [7, 11) is 3.56. The van der Waals surface area contributed by atoms with Gasteiger partial charge in [0.15, 0.2) is 5.96 Å². The van der Waals surface area contributed by atoms with Crippen LogP contribution in [0.15, 0.2) is 29.3 Å². The van der Waals surface area contributed by atoms with E-state index in [0.717, 1.165) is 18.4 Å². The van der Waals surface area contributed by atoms with Crippen LogP contribution in [0.2, 0.25) is 0 Å². The fourth-order valence-electron chi connectivity index (χ4n) is 2.87. The third-order valence-electron chi connectivity index (χ3n) is 4.39. The van der Waals surface area contributed by atoms with Crippen LogP contribution in [-0.2, 0) is 11.3 Å². The lowest BCUT2D eigenvalue weighted by molar-refractivity contribution is -0.0498. The number of carbonyl (C=O) groups is 1. The van der Waals surface area contributed by atoms with Gasteiger partial charge in [0.1, 0.15) is 5.75 Å². The Labute approximate surface area is 187 Å². The Balaban J connectivity index is 0.00000420. The first-order valence-corrected chi connectivity index (χ1v) is 9.31. The molecule has 0 aromatic heterocycles. The molecule has 1 aliphatic rings. The van der Waals surface area contributed by atoms with Gasteiger partial charge in [-0.15, -0.1) is 24.0 Å². The van der Waals surface area contributed by atoms with Gasteiger partial charge in [-0.25, -0.2) is 4.79 Å². The summed E-state index contributed by atoms with van der Waals surface area (Å²) in [4.78, 5) is 17.9. The van der Waals surface area contributed by atoms with Crippen LogP contribution in [0.4, 0.5) is 13.6 Å². The molecule has 2 rings (SSSR count). The van der Waals surface area contributed by atoms with Gasteiger partial charge in [-0.05, 0) is 43.4 Å². The molecular formula is C19H29F2IN4O3. The van der Waals surface area contributed by atoms with Gasteiger partial charge in [0.2, 0.25) is 0 Å². The van der Waals surface area contributed by atoms with E-state index in [1.54, 1.807) is 26.1 Å². The van der Waals surface area contributed by atoms with Crippen LogP contribution in [-0.4, -0.2) is 56.9 Å². The molecular weight excluding hydrogens is 497 g/mol. The molecule has 0 saturated heterocycles. The van der Waals surface area contributed by atoms with Crippen molar-refractivity contribution in [3.05, 3.63) is 29.8 Å².